The normalized spacial score (nSPS) is 14.3. The van der Waals surface area contributed by atoms with Gasteiger partial charge in [-0.05, 0) is 36.4 Å². The van der Waals surface area contributed by atoms with Crippen molar-refractivity contribution in [2.24, 2.45) is 0 Å². The number of ether oxygens (including phenoxy) is 3. The molecule has 2 heterocycles. The molecule has 1 aromatic heterocycles. The number of rotatable bonds is 5. The van der Waals surface area contributed by atoms with Crippen LogP contribution in [-0.2, 0) is 9.53 Å². The lowest BCUT2D eigenvalue weighted by molar-refractivity contribution is -0.136. The second-order valence-electron chi connectivity index (χ2n) is 5.94. The number of hydrogen-bond donors (Lipinski definition) is 0. The van der Waals surface area contributed by atoms with Crippen molar-refractivity contribution >= 4 is 44.3 Å². The van der Waals surface area contributed by atoms with Crippen LogP contribution in [0.1, 0.15) is 0 Å². The second kappa shape index (κ2) is 8.12. The molecule has 0 atom stereocenters. The number of benzene rings is 2. The van der Waals surface area contributed by atoms with E-state index in [0.29, 0.717) is 29.7 Å². The van der Waals surface area contributed by atoms with E-state index in [-0.39, 0.29) is 6.61 Å². The molecule has 0 bridgehead atoms. The fraction of sp³-hybridized carbons (Fsp3) is 0.263. The van der Waals surface area contributed by atoms with E-state index < -0.39 is 5.97 Å². The molecular weight excluding hydrogens is 388 g/mol. The van der Waals surface area contributed by atoms with Gasteiger partial charge in [0.2, 0.25) is 0 Å². The summed E-state index contributed by atoms with van der Waals surface area (Å²) in [4.78, 5) is 18.9. The number of aromatic nitrogens is 1. The fourth-order valence-corrected chi connectivity index (χ4v) is 3.85. The van der Waals surface area contributed by atoms with Gasteiger partial charge in [0.05, 0.1) is 23.4 Å². The third-order valence-corrected chi connectivity index (χ3v) is 5.36. The molecule has 27 heavy (non-hydrogen) atoms. The number of esters is 1. The first kappa shape index (κ1) is 18.0. The molecule has 2 aromatic carbocycles. The van der Waals surface area contributed by atoms with Crippen molar-refractivity contribution in [2.75, 3.05) is 37.8 Å². The quantitative estimate of drug-likeness (QED) is 0.476. The number of hydrogen-bond acceptors (Lipinski definition) is 7. The lowest BCUT2D eigenvalue weighted by Crippen LogP contribution is -2.36. The summed E-state index contributed by atoms with van der Waals surface area (Å²) in [5.41, 5.74) is 0.888. The van der Waals surface area contributed by atoms with Crippen molar-refractivity contribution in [3.05, 3.63) is 47.5 Å². The molecule has 0 aliphatic carbocycles. The molecule has 1 aliphatic heterocycles. The van der Waals surface area contributed by atoms with Crippen LogP contribution in [-0.4, -0.2) is 43.9 Å². The molecule has 1 fully saturated rings. The van der Waals surface area contributed by atoms with Crippen LogP contribution in [0.3, 0.4) is 0 Å². The largest absolute Gasteiger partial charge is 0.482 e. The lowest BCUT2D eigenvalue weighted by Gasteiger charge is -2.25. The zero-order valence-corrected chi connectivity index (χ0v) is 16.0. The number of morpholine rings is 1. The maximum atomic E-state index is 12.0. The Bertz CT molecular complexity index is 939. The van der Waals surface area contributed by atoms with Crippen molar-refractivity contribution in [3.8, 4) is 11.5 Å². The minimum absolute atomic E-state index is 0.179. The SMILES string of the molecule is O=C(COc1ccc(Cl)cc1)Oc1ccc2nc(N3CCOCC3)sc2c1. The highest BCUT2D eigenvalue weighted by Crippen LogP contribution is 2.31. The second-order valence-corrected chi connectivity index (χ2v) is 7.39. The molecule has 1 aliphatic rings. The molecule has 140 valence electrons. The van der Waals surface area contributed by atoms with E-state index in [1.165, 1.54) is 0 Å². The summed E-state index contributed by atoms with van der Waals surface area (Å²) in [6.07, 6.45) is 0. The maximum Gasteiger partial charge on any atom is 0.349 e. The van der Waals surface area contributed by atoms with Crippen molar-refractivity contribution in [1.29, 1.82) is 0 Å². The van der Waals surface area contributed by atoms with Crippen LogP contribution >= 0.6 is 22.9 Å². The molecule has 0 radical (unpaired) electrons. The molecule has 0 amide bonds. The van der Waals surface area contributed by atoms with Crippen LogP contribution in [0.15, 0.2) is 42.5 Å². The van der Waals surface area contributed by atoms with Crippen LogP contribution in [0.4, 0.5) is 5.13 Å². The van der Waals surface area contributed by atoms with Crippen molar-refractivity contribution < 1.29 is 19.0 Å². The van der Waals surface area contributed by atoms with Crippen molar-refractivity contribution in [2.45, 2.75) is 0 Å². The topological polar surface area (TPSA) is 60.9 Å². The van der Waals surface area contributed by atoms with E-state index in [2.05, 4.69) is 9.88 Å². The number of fused-ring (bicyclic) bond motifs is 1. The molecule has 3 aromatic rings. The van der Waals surface area contributed by atoms with Crippen LogP contribution in [0.5, 0.6) is 11.5 Å². The average molecular weight is 405 g/mol. The number of carbonyl (C=O) groups is 1. The van der Waals surface area contributed by atoms with Gasteiger partial charge in [-0.2, -0.15) is 0 Å². The minimum atomic E-state index is -0.470. The highest BCUT2D eigenvalue weighted by molar-refractivity contribution is 7.22. The van der Waals surface area contributed by atoms with E-state index in [4.69, 9.17) is 25.8 Å². The van der Waals surface area contributed by atoms with E-state index in [1.54, 1.807) is 41.7 Å². The van der Waals surface area contributed by atoms with Gasteiger partial charge in [-0.25, -0.2) is 9.78 Å². The van der Waals surface area contributed by atoms with E-state index >= 15 is 0 Å². The Morgan fingerprint density at radius 1 is 1.15 bits per heavy atom. The minimum Gasteiger partial charge on any atom is -0.482 e. The summed E-state index contributed by atoms with van der Waals surface area (Å²) >= 11 is 7.40. The number of halogens is 1. The van der Waals surface area contributed by atoms with Crippen LogP contribution in [0.25, 0.3) is 10.2 Å². The molecule has 1 saturated heterocycles. The molecular formula is C19H17ClN2O4S. The number of anilines is 1. The van der Waals surface area contributed by atoms with Gasteiger partial charge in [0, 0.05) is 24.2 Å². The maximum absolute atomic E-state index is 12.0. The zero-order valence-electron chi connectivity index (χ0n) is 14.4. The third-order valence-electron chi connectivity index (χ3n) is 4.03. The Morgan fingerprint density at radius 3 is 2.67 bits per heavy atom. The Morgan fingerprint density at radius 2 is 1.89 bits per heavy atom. The predicted molar refractivity (Wildman–Crippen MR) is 105 cm³/mol. The van der Waals surface area contributed by atoms with Gasteiger partial charge in [0.1, 0.15) is 11.5 Å². The van der Waals surface area contributed by atoms with E-state index in [9.17, 15) is 4.79 Å². The van der Waals surface area contributed by atoms with Gasteiger partial charge in [-0.3, -0.25) is 0 Å². The Balaban J connectivity index is 1.39. The first-order valence-corrected chi connectivity index (χ1v) is 9.69. The molecule has 6 nitrogen and oxygen atoms in total. The predicted octanol–water partition coefficient (Wildman–Crippen LogP) is 3.77. The molecule has 0 spiro atoms. The van der Waals surface area contributed by atoms with Gasteiger partial charge < -0.3 is 19.1 Å². The summed E-state index contributed by atoms with van der Waals surface area (Å²) in [5.74, 6) is 0.566. The van der Waals surface area contributed by atoms with Gasteiger partial charge in [-0.1, -0.05) is 22.9 Å². The van der Waals surface area contributed by atoms with Crippen LogP contribution < -0.4 is 14.4 Å². The van der Waals surface area contributed by atoms with Crippen LogP contribution in [0, 0.1) is 0 Å². The summed E-state index contributed by atoms with van der Waals surface area (Å²) < 4.78 is 17.1. The van der Waals surface area contributed by atoms with E-state index in [1.807, 2.05) is 12.1 Å². The van der Waals surface area contributed by atoms with Gasteiger partial charge in [0.15, 0.2) is 11.7 Å². The van der Waals surface area contributed by atoms with Crippen molar-refractivity contribution in [1.82, 2.24) is 4.98 Å². The highest BCUT2D eigenvalue weighted by atomic mass is 35.5. The summed E-state index contributed by atoms with van der Waals surface area (Å²) in [6, 6.07) is 12.2. The first-order chi connectivity index (χ1) is 13.2. The lowest BCUT2D eigenvalue weighted by atomic mass is 10.3. The van der Waals surface area contributed by atoms with Gasteiger partial charge in [-0.15, -0.1) is 0 Å². The van der Waals surface area contributed by atoms with Crippen molar-refractivity contribution in [3.63, 3.8) is 0 Å². The van der Waals surface area contributed by atoms with Crippen LogP contribution in [0.2, 0.25) is 5.02 Å². The molecule has 0 unspecified atom stereocenters. The van der Waals surface area contributed by atoms with Gasteiger partial charge >= 0.3 is 5.97 Å². The number of carbonyl (C=O) groups excluding carboxylic acids is 1. The monoisotopic (exact) mass is 404 g/mol. The smallest absolute Gasteiger partial charge is 0.349 e. The number of thiazole rings is 1. The fourth-order valence-electron chi connectivity index (χ4n) is 2.68. The Hall–Kier alpha value is -2.35. The van der Waals surface area contributed by atoms with Gasteiger partial charge in [0.25, 0.3) is 0 Å². The highest BCUT2D eigenvalue weighted by Gasteiger charge is 2.16. The summed E-state index contributed by atoms with van der Waals surface area (Å²) in [5, 5.41) is 1.57. The Kier molecular flexibility index (Phi) is 5.42. The standard InChI is InChI=1S/C19H17ClN2O4S/c20-13-1-3-14(4-2-13)25-12-18(23)26-15-5-6-16-17(11-15)27-19(21-16)22-7-9-24-10-8-22/h1-6,11H,7-10,12H2. The first-order valence-electron chi connectivity index (χ1n) is 8.50. The summed E-state index contributed by atoms with van der Waals surface area (Å²) in [6.45, 7) is 2.92. The zero-order chi connectivity index (χ0) is 18.6. The summed E-state index contributed by atoms with van der Waals surface area (Å²) in [7, 11) is 0. The Labute approximate surface area is 165 Å². The van der Waals surface area contributed by atoms with E-state index in [0.717, 1.165) is 28.4 Å². The molecule has 0 saturated carbocycles. The molecule has 8 heteroatoms. The molecule has 0 N–H and O–H groups in total. The number of nitrogens with zero attached hydrogens (tertiary/aromatic N) is 2. The molecule has 4 rings (SSSR count). The average Bonchev–Trinajstić information content (AvgIpc) is 3.12. The third kappa shape index (κ3) is 4.50.